The van der Waals surface area contributed by atoms with Crippen LogP contribution in [0.15, 0.2) is 0 Å². The Morgan fingerprint density at radius 3 is 2.50 bits per heavy atom. The van der Waals surface area contributed by atoms with Gasteiger partial charge in [-0.25, -0.2) is 0 Å². The van der Waals surface area contributed by atoms with Gasteiger partial charge in [-0.1, -0.05) is 0 Å². The minimum Gasteiger partial charge on any atom is -0.378 e. The van der Waals surface area contributed by atoms with Crippen LogP contribution >= 0.6 is 0 Å². The summed E-state index contributed by atoms with van der Waals surface area (Å²) in [6.45, 7) is 1.63. The molecule has 1 aliphatic rings. The Balaban J connectivity index is 2.19. The number of hydrogen-bond acceptors (Lipinski definition) is 2. The van der Waals surface area contributed by atoms with Crippen LogP contribution in [0.25, 0.3) is 0 Å². The zero-order valence-corrected chi connectivity index (χ0v) is 6.64. The number of ether oxygens (including phenoxy) is 1. The van der Waals surface area contributed by atoms with Crippen molar-refractivity contribution in [3.8, 4) is 0 Å². The quantitative estimate of drug-likeness (QED) is 0.595. The molecule has 0 aliphatic heterocycles. The van der Waals surface area contributed by atoms with Crippen LogP contribution < -0.4 is 0 Å². The number of hydrogen-bond donors (Lipinski definition) is 0. The van der Waals surface area contributed by atoms with Gasteiger partial charge in [-0.05, 0) is 26.2 Å². The summed E-state index contributed by atoms with van der Waals surface area (Å²) < 4.78 is 5.25. The summed E-state index contributed by atoms with van der Waals surface area (Å²) in [5.74, 6) is 0.267. The maximum absolute atomic E-state index is 10.6. The standard InChI is InChI=1S/C8H14O2/c1-7(9)3-4-8(10-2)5-6-8/h3-6H2,1-2H3. The summed E-state index contributed by atoms with van der Waals surface area (Å²) in [4.78, 5) is 10.6. The lowest BCUT2D eigenvalue weighted by Crippen LogP contribution is -2.12. The Hall–Kier alpha value is -0.370. The first-order valence-electron chi connectivity index (χ1n) is 3.73. The molecule has 58 valence electrons. The fourth-order valence-electron chi connectivity index (χ4n) is 1.10. The largest absolute Gasteiger partial charge is 0.378 e. The smallest absolute Gasteiger partial charge is 0.129 e. The van der Waals surface area contributed by atoms with Gasteiger partial charge in [-0.15, -0.1) is 0 Å². The molecule has 10 heavy (non-hydrogen) atoms. The molecule has 0 aromatic carbocycles. The maximum atomic E-state index is 10.6. The summed E-state index contributed by atoms with van der Waals surface area (Å²) >= 11 is 0. The van der Waals surface area contributed by atoms with Crippen molar-refractivity contribution in [3.63, 3.8) is 0 Å². The van der Waals surface area contributed by atoms with Gasteiger partial charge >= 0.3 is 0 Å². The van der Waals surface area contributed by atoms with Crippen molar-refractivity contribution in [1.29, 1.82) is 0 Å². The highest BCUT2D eigenvalue weighted by molar-refractivity contribution is 5.75. The summed E-state index contributed by atoms with van der Waals surface area (Å²) in [5.41, 5.74) is 0.103. The fraction of sp³-hybridized carbons (Fsp3) is 0.875. The van der Waals surface area contributed by atoms with Gasteiger partial charge < -0.3 is 9.53 Å². The van der Waals surface area contributed by atoms with E-state index in [1.54, 1.807) is 14.0 Å². The fourth-order valence-corrected chi connectivity index (χ4v) is 1.10. The van der Waals surface area contributed by atoms with Gasteiger partial charge in [0.2, 0.25) is 0 Å². The van der Waals surface area contributed by atoms with E-state index in [1.807, 2.05) is 0 Å². The third kappa shape index (κ3) is 1.81. The minimum atomic E-state index is 0.103. The van der Waals surface area contributed by atoms with E-state index in [1.165, 1.54) is 0 Å². The molecule has 0 bridgehead atoms. The number of methoxy groups -OCH3 is 1. The van der Waals surface area contributed by atoms with Crippen molar-refractivity contribution >= 4 is 5.78 Å². The first-order chi connectivity index (χ1) is 4.68. The van der Waals surface area contributed by atoms with E-state index in [4.69, 9.17) is 4.74 Å². The van der Waals surface area contributed by atoms with Crippen LogP contribution in [-0.4, -0.2) is 18.5 Å². The summed E-state index contributed by atoms with van der Waals surface area (Å²) in [7, 11) is 1.73. The Bertz CT molecular complexity index is 136. The number of ketones is 1. The molecule has 0 heterocycles. The third-order valence-corrected chi connectivity index (χ3v) is 2.17. The molecule has 1 saturated carbocycles. The molecule has 2 nitrogen and oxygen atoms in total. The first kappa shape index (κ1) is 7.73. The molecule has 0 aromatic rings. The molecule has 0 radical (unpaired) electrons. The lowest BCUT2D eigenvalue weighted by Gasteiger charge is -2.10. The average molecular weight is 142 g/mol. The zero-order valence-electron chi connectivity index (χ0n) is 6.64. The Morgan fingerprint density at radius 1 is 1.60 bits per heavy atom. The summed E-state index contributed by atoms with van der Waals surface area (Å²) in [6, 6.07) is 0. The second-order valence-electron chi connectivity index (χ2n) is 3.09. The number of carbonyl (C=O) groups is 1. The molecule has 1 aliphatic carbocycles. The second kappa shape index (κ2) is 2.70. The number of Topliss-reactive ketones (excluding diaryl/α,β-unsaturated/α-hetero) is 1. The van der Waals surface area contributed by atoms with Gasteiger partial charge in [-0.2, -0.15) is 0 Å². The topological polar surface area (TPSA) is 26.3 Å². The van der Waals surface area contributed by atoms with E-state index in [0.29, 0.717) is 6.42 Å². The molecule has 0 amide bonds. The van der Waals surface area contributed by atoms with Gasteiger partial charge in [0.1, 0.15) is 5.78 Å². The lowest BCUT2D eigenvalue weighted by atomic mass is 10.1. The van der Waals surface area contributed by atoms with E-state index < -0.39 is 0 Å². The van der Waals surface area contributed by atoms with Crippen LogP contribution in [-0.2, 0) is 9.53 Å². The van der Waals surface area contributed by atoms with Crippen molar-refractivity contribution < 1.29 is 9.53 Å². The van der Waals surface area contributed by atoms with Crippen molar-refractivity contribution in [2.75, 3.05) is 7.11 Å². The van der Waals surface area contributed by atoms with Crippen LogP contribution in [0, 0.1) is 0 Å². The predicted octanol–water partition coefficient (Wildman–Crippen LogP) is 1.53. The van der Waals surface area contributed by atoms with Crippen LogP contribution in [0.1, 0.15) is 32.6 Å². The second-order valence-corrected chi connectivity index (χ2v) is 3.09. The highest BCUT2D eigenvalue weighted by atomic mass is 16.5. The number of rotatable bonds is 4. The molecule has 0 saturated heterocycles. The molecule has 0 unspecified atom stereocenters. The molecule has 1 rings (SSSR count). The molecule has 1 fully saturated rings. The van der Waals surface area contributed by atoms with Crippen molar-refractivity contribution in [1.82, 2.24) is 0 Å². The summed E-state index contributed by atoms with van der Waals surface area (Å²) in [5, 5.41) is 0. The Morgan fingerprint density at radius 2 is 2.20 bits per heavy atom. The van der Waals surface area contributed by atoms with E-state index >= 15 is 0 Å². The average Bonchev–Trinajstić information content (AvgIpc) is 2.64. The SMILES string of the molecule is COC1(CCC(C)=O)CC1. The monoisotopic (exact) mass is 142 g/mol. The molecular formula is C8H14O2. The van der Waals surface area contributed by atoms with E-state index in [9.17, 15) is 4.79 Å². The third-order valence-electron chi connectivity index (χ3n) is 2.17. The van der Waals surface area contributed by atoms with Crippen LogP contribution in [0.3, 0.4) is 0 Å². The van der Waals surface area contributed by atoms with Gasteiger partial charge in [0.15, 0.2) is 0 Å². The van der Waals surface area contributed by atoms with Crippen molar-refractivity contribution in [2.24, 2.45) is 0 Å². The molecule has 0 spiro atoms. The molecule has 0 N–H and O–H groups in total. The van der Waals surface area contributed by atoms with Crippen molar-refractivity contribution in [2.45, 2.75) is 38.2 Å². The van der Waals surface area contributed by atoms with E-state index in [-0.39, 0.29) is 11.4 Å². The molecular weight excluding hydrogens is 128 g/mol. The minimum absolute atomic E-state index is 0.103. The van der Waals surface area contributed by atoms with Gasteiger partial charge in [0, 0.05) is 13.5 Å². The highest BCUT2D eigenvalue weighted by Gasteiger charge is 2.42. The first-order valence-corrected chi connectivity index (χ1v) is 3.73. The van der Waals surface area contributed by atoms with Crippen molar-refractivity contribution in [3.05, 3.63) is 0 Å². The summed E-state index contributed by atoms with van der Waals surface area (Å²) in [6.07, 6.45) is 3.86. The Kier molecular flexibility index (Phi) is 2.09. The molecule has 0 aromatic heterocycles. The normalized spacial score (nSPS) is 20.6. The van der Waals surface area contributed by atoms with E-state index in [2.05, 4.69) is 0 Å². The highest BCUT2D eigenvalue weighted by Crippen LogP contribution is 2.42. The zero-order chi connectivity index (χ0) is 7.61. The van der Waals surface area contributed by atoms with Gasteiger partial charge in [0.05, 0.1) is 5.60 Å². The van der Waals surface area contributed by atoms with Crippen LogP contribution in [0.2, 0.25) is 0 Å². The van der Waals surface area contributed by atoms with E-state index in [0.717, 1.165) is 19.3 Å². The molecule has 2 heteroatoms. The predicted molar refractivity (Wildman–Crippen MR) is 38.9 cm³/mol. The number of carbonyl (C=O) groups excluding carboxylic acids is 1. The maximum Gasteiger partial charge on any atom is 0.129 e. The molecule has 0 atom stereocenters. The Labute approximate surface area is 61.6 Å². The lowest BCUT2D eigenvalue weighted by molar-refractivity contribution is -0.117. The van der Waals surface area contributed by atoms with Gasteiger partial charge in [0.25, 0.3) is 0 Å². The van der Waals surface area contributed by atoms with Gasteiger partial charge in [-0.3, -0.25) is 0 Å². The van der Waals surface area contributed by atoms with Crippen LogP contribution in [0.4, 0.5) is 0 Å². The van der Waals surface area contributed by atoms with Crippen LogP contribution in [0.5, 0.6) is 0 Å².